The lowest BCUT2D eigenvalue weighted by Crippen LogP contribution is -2.24. The van der Waals surface area contributed by atoms with Crippen molar-refractivity contribution in [3.63, 3.8) is 0 Å². The summed E-state index contributed by atoms with van der Waals surface area (Å²) in [5, 5.41) is 0. The molecule has 0 aromatic carbocycles. The van der Waals surface area contributed by atoms with Crippen molar-refractivity contribution >= 4 is 23.5 Å². The predicted octanol–water partition coefficient (Wildman–Crippen LogP) is 6.21. The maximum atomic E-state index is 2.46. The van der Waals surface area contributed by atoms with E-state index in [9.17, 15) is 0 Å². The molecular formula is C15H32S2. The van der Waals surface area contributed by atoms with Gasteiger partial charge < -0.3 is 0 Å². The Kier molecular flexibility index (Phi) is 9.10. The van der Waals surface area contributed by atoms with Gasteiger partial charge in [-0.3, -0.25) is 0 Å². The fourth-order valence-corrected chi connectivity index (χ4v) is 5.60. The summed E-state index contributed by atoms with van der Waals surface area (Å²) in [6.07, 6.45) is 6.66. The van der Waals surface area contributed by atoms with E-state index in [0.29, 0.717) is 9.49 Å². The molecule has 0 amide bonds. The summed E-state index contributed by atoms with van der Waals surface area (Å²) in [7, 11) is 0. The highest BCUT2D eigenvalue weighted by Gasteiger charge is 2.30. The molecule has 0 atom stereocenters. The van der Waals surface area contributed by atoms with Crippen molar-refractivity contribution < 1.29 is 0 Å². The predicted molar refractivity (Wildman–Crippen MR) is 87.2 cm³/mol. The molecule has 0 fully saturated rings. The molecule has 0 nitrogen and oxygen atoms in total. The molecule has 17 heavy (non-hydrogen) atoms. The lowest BCUT2D eigenvalue weighted by molar-refractivity contribution is 0.368. The Bertz CT molecular complexity index is 172. The summed E-state index contributed by atoms with van der Waals surface area (Å²) in [5.41, 5.74) is 0.438. The van der Waals surface area contributed by atoms with Crippen molar-refractivity contribution in [1.82, 2.24) is 0 Å². The first-order valence-electron chi connectivity index (χ1n) is 7.11. The molecule has 0 radical (unpaired) electrons. The maximum Gasteiger partial charge on any atom is 0.0588 e. The molecule has 0 spiro atoms. The topological polar surface area (TPSA) is 0 Å². The van der Waals surface area contributed by atoms with Gasteiger partial charge in [-0.15, -0.1) is 23.5 Å². The number of rotatable bonds is 9. The molecule has 0 N–H and O–H groups in total. The van der Waals surface area contributed by atoms with Crippen LogP contribution in [-0.2, 0) is 0 Å². The van der Waals surface area contributed by atoms with E-state index in [1.54, 1.807) is 0 Å². The highest BCUT2D eigenvalue weighted by atomic mass is 32.2. The minimum atomic E-state index is 0.419. The Morgan fingerprint density at radius 2 is 1.18 bits per heavy atom. The summed E-state index contributed by atoms with van der Waals surface area (Å²) >= 11 is 4.38. The van der Waals surface area contributed by atoms with Crippen LogP contribution in [0.5, 0.6) is 0 Å². The van der Waals surface area contributed by atoms with Crippen LogP contribution in [0.25, 0.3) is 0 Å². The molecule has 0 bridgehead atoms. The zero-order chi connectivity index (χ0) is 13.4. The van der Waals surface area contributed by atoms with Crippen molar-refractivity contribution in [2.24, 2.45) is 5.41 Å². The van der Waals surface area contributed by atoms with Gasteiger partial charge in [0.25, 0.3) is 0 Å². The molecule has 0 aliphatic carbocycles. The van der Waals surface area contributed by atoms with Gasteiger partial charge in [0.1, 0.15) is 0 Å². The van der Waals surface area contributed by atoms with Crippen molar-refractivity contribution in [2.45, 2.75) is 77.7 Å². The summed E-state index contributed by atoms with van der Waals surface area (Å²) in [6.45, 7) is 14.1. The van der Waals surface area contributed by atoms with Crippen molar-refractivity contribution in [2.75, 3.05) is 11.5 Å². The van der Waals surface area contributed by atoms with Gasteiger partial charge >= 0.3 is 0 Å². The van der Waals surface area contributed by atoms with Crippen molar-refractivity contribution in [3.8, 4) is 0 Å². The monoisotopic (exact) mass is 276 g/mol. The minimum Gasteiger partial charge on any atom is -0.144 e. The van der Waals surface area contributed by atoms with Crippen LogP contribution in [0.1, 0.15) is 73.6 Å². The molecule has 0 heterocycles. The molecule has 0 aromatic heterocycles. The van der Waals surface area contributed by atoms with Crippen LogP contribution in [0.4, 0.5) is 0 Å². The molecule has 2 heteroatoms. The second-order valence-electron chi connectivity index (χ2n) is 6.28. The van der Waals surface area contributed by atoms with Crippen molar-refractivity contribution in [3.05, 3.63) is 0 Å². The van der Waals surface area contributed by atoms with Gasteiger partial charge in [0.2, 0.25) is 0 Å². The standard InChI is InChI=1S/C15H32S2/c1-7-9-11-16-15(6,13-14(3,4)5)17-12-10-8-2/h7-13H2,1-6H3. The zero-order valence-electron chi connectivity index (χ0n) is 12.8. The van der Waals surface area contributed by atoms with Crippen LogP contribution in [0.3, 0.4) is 0 Å². The summed E-state index contributed by atoms with van der Waals surface area (Å²) < 4.78 is 0.419. The molecule has 0 saturated heterocycles. The average molecular weight is 277 g/mol. The lowest BCUT2D eigenvalue weighted by Gasteiger charge is -2.35. The Morgan fingerprint density at radius 1 is 0.765 bits per heavy atom. The fraction of sp³-hybridized carbons (Fsp3) is 1.00. The Morgan fingerprint density at radius 3 is 1.47 bits per heavy atom. The van der Waals surface area contributed by atoms with Crippen molar-refractivity contribution in [1.29, 1.82) is 0 Å². The van der Waals surface area contributed by atoms with Crippen LogP contribution in [0.15, 0.2) is 0 Å². The SMILES string of the molecule is CCCCSC(C)(CC(C)(C)C)SCCCC. The quantitative estimate of drug-likeness (QED) is 0.363. The first kappa shape index (κ1) is 17.7. The van der Waals surface area contributed by atoms with Crippen LogP contribution in [-0.4, -0.2) is 15.6 Å². The largest absolute Gasteiger partial charge is 0.144 e. The number of hydrogen-bond donors (Lipinski definition) is 0. The van der Waals surface area contributed by atoms with Gasteiger partial charge in [0, 0.05) is 0 Å². The Hall–Kier alpha value is 0.700. The summed E-state index contributed by atoms with van der Waals surface area (Å²) in [6, 6.07) is 0. The first-order valence-corrected chi connectivity index (χ1v) is 9.08. The third kappa shape index (κ3) is 10.3. The average Bonchev–Trinajstić information content (AvgIpc) is 2.15. The molecule has 104 valence electrons. The van der Waals surface area contributed by atoms with Gasteiger partial charge in [-0.05, 0) is 43.1 Å². The molecule has 0 saturated carbocycles. The molecule has 0 aromatic rings. The van der Waals surface area contributed by atoms with Crippen LogP contribution < -0.4 is 0 Å². The number of thioether (sulfide) groups is 2. The number of hydrogen-bond acceptors (Lipinski definition) is 2. The van der Waals surface area contributed by atoms with E-state index in [-0.39, 0.29) is 0 Å². The molecular weight excluding hydrogens is 244 g/mol. The second kappa shape index (κ2) is 8.74. The highest BCUT2D eigenvalue weighted by molar-refractivity contribution is 8.18. The van der Waals surface area contributed by atoms with Gasteiger partial charge in [-0.25, -0.2) is 0 Å². The second-order valence-corrected chi connectivity index (χ2v) is 9.73. The van der Waals surface area contributed by atoms with Gasteiger partial charge in [-0.1, -0.05) is 47.5 Å². The van der Waals surface area contributed by atoms with Gasteiger partial charge in [0.15, 0.2) is 0 Å². The van der Waals surface area contributed by atoms with E-state index in [4.69, 9.17) is 0 Å². The first-order chi connectivity index (χ1) is 7.83. The van der Waals surface area contributed by atoms with E-state index in [1.807, 2.05) is 0 Å². The smallest absolute Gasteiger partial charge is 0.0588 e. The van der Waals surface area contributed by atoms with Crippen LogP contribution in [0, 0.1) is 5.41 Å². The Balaban J connectivity index is 4.24. The summed E-state index contributed by atoms with van der Waals surface area (Å²) in [5.74, 6) is 2.64. The normalized spacial score (nSPS) is 13.1. The third-order valence-electron chi connectivity index (χ3n) is 2.66. The molecule has 0 unspecified atom stereocenters. The zero-order valence-corrected chi connectivity index (χ0v) is 14.4. The van der Waals surface area contributed by atoms with Gasteiger partial charge in [0.05, 0.1) is 4.08 Å². The van der Waals surface area contributed by atoms with Crippen LogP contribution in [0.2, 0.25) is 0 Å². The fourth-order valence-electron chi connectivity index (χ4n) is 1.97. The van der Waals surface area contributed by atoms with Gasteiger partial charge in [-0.2, -0.15) is 0 Å². The third-order valence-corrected chi connectivity index (χ3v) is 5.86. The minimum absolute atomic E-state index is 0.419. The number of unbranched alkanes of at least 4 members (excludes halogenated alkanes) is 2. The molecule has 0 aliphatic rings. The highest BCUT2D eigenvalue weighted by Crippen LogP contribution is 2.45. The van der Waals surface area contributed by atoms with E-state index in [0.717, 1.165) is 0 Å². The van der Waals surface area contributed by atoms with E-state index < -0.39 is 0 Å². The lowest BCUT2D eigenvalue weighted by atomic mass is 9.90. The van der Waals surface area contributed by atoms with E-state index in [2.05, 4.69) is 65.1 Å². The maximum absolute atomic E-state index is 2.46. The molecule has 0 rings (SSSR count). The summed E-state index contributed by atoms with van der Waals surface area (Å²) in [4.78, 5) is 0. The van der Waals surface area contributed by atoms with Crippen LogP contribution >= 0.6 is 23.5 Å². The molecule has 0 aliphatic heterocycles. The Labute approximate surface area is 118 Å². The van der Waals surface area contributed by atoms with E-state index in [1.165, 1.54) is 43.6 Å². The van der Waals surface area contributed by atoms with E-state index >= 15 is 0 Å².